The Balaban J connectivity index is 3.93. The zero-order valence-corrected chi connectivity index (χ0v) is 10.5. The van der Waals surface area contributed by atoms with Gasteiger partial charge in [-0.2, -0.15) is 0 Å². The molecule has 90 valence electrons. The van der Waals surface area contributed by atoms with Crippen LogP contribution in [0.2, 0.25) is 0 Å². The molecule has 3 nitrogen and oxygen atoms in total. The Morgan fingerprint density at radius 3 is 2.33 bits per heavy atom. The monoisotopic (exact) mass is 215 g/mol. The van der Waals surface area contributed by atoms with Crippen molar-refractivity contribution in [2.75, 3.05) is 13.2 Å². The van der Waals surface area contributed by atoms with Gasteiger partial charge in [0.1, 0.15) is 0 Å². The summed E-state index contributed by atoms with van der Waals surface area (Å²) in [5.74, 6) is 0.493. The Labute approximate surface area is 93.3 Å². The van der Waals surface area contributed by atoms with E-state index in [0.717, 1.165) is 19.3 Å². The van der Waals surface area contributed by atoms with Gasteiger partial charge in [-0.1, -0.05) is 34.1 Å². The zero-order chi connectivity index (χ0) is 11.9. The van der Waals surface area contributed by atoms with Gasteiger partial charge in [-0.25, -0.2) is 0 Å². The normalized spacial score (nSPS) is 13.7. The number of aliphatic hydroxyl groups is 1. The minimum absolute atomic E-state index is 0.0848. The largest absolute Gasteiger partial charge is 0.396 e. The van der Waals surface area contributed by atoms with Crippen molar-refractivity contribution < 1.29 is 9.90 Å². The van der Waals surface area contributed by atoms with E-state index >= 15 is 0 Å². The molecule has 0 radical (unpaired) electrons. The van der Waals surface area contributed by atoms with E-state index in [-0.39, 0.29) is 17.9 Å². The fourth-order valence-electron chi connectivity index (χ4n) is 1.44. The number of hydrogen-bond acceptors (Lipinski definition) is 2. The van der Waals surface area contributed by atoms with E-state index in [9.17, 15) is 4.79 Å². The highest BCUT2D eigenvalue weighted by Gasteiger charge is 2.21. The Kier molecular flexibility index (Phi) is 6.57. The Bertz CT molecular complexity index is 179. The number of nitrogens with one attached hydrogen (secondary N) is 1. The lowest BCUT2D eigenvalue weighted by Crippen LogP contribution is -2.37. The van der Waals surface area contributed by atoms with Gasteiger partial charge in [-0.05, 0) is 18.8 Å². The highest BCUT2D eigenvalue weighted by Crippen LogP contribution is 2.14. The molecule has 0 aromatic rings. The Morgan fingerprint density at radius 2 is 1.93 bits per heavy atom. The first kappa shape index (κ1) is 14.4. The molecular formula is C12H25NO2. The van der Waals surface area contributed by atoms with Crippen molar-refractivity contribution >= 4 is 5.91 Å². The third-order valence-corrected chi connectivity index (χ3v) is 2.47. The molecule has 0 aliphatic heterocycles. The number of carbonyl (C=O) groups is 1. The number of rotatable bonds is 6. The standard InChI is InChI=1S/C12H25NO2/c1-5-6-10(7-8-14)9-13-11(15)12(2,3)4/h10,14H,5-9H2,1-4H3,(H,13,15). The zero-order valence-electron chi connectivity index (χ0n) is 10.5. The predicted molar refractivity (Wildman–Crippen MR) is 62.6 cm³/mol. The maximum Gasteiger partial charge on any atom is 0.225 e. The Hall–Kier alpha value is -0.570. The van der Waals surface area contributed by atoms with Crippen molar-refractivity contribution in [2.45, 2.75) is 47.0 Å². The van der Waals surface area contributed by atoms with Crippen LogP contribution >= 0.6 is 0 Å². The molecule has 0 aliphatic carbocycles. The minimum Gasteiger partial charge on any atom is -0.396 e. The smallest absolute Gasteiger partial charge is 0.225 e. The molecule has 2 N–H and O–H groups in total. The maximum atomic E-state index is 11.6. The first-order valence-electron chi connectivity index (χ1n) is 5.81. The predicted octanol–water partition coefficient (Wildman–Crippen LogP) is 1.95. The number of hydrogen-bond donors (Lipinski definition) is 2. The van der Waals surface area contributed by atoms with E-state index in [1.54, 1.807) is 0 Å². The summed E-state index contributed by atoms with van der Waals surface area (Å²) in [7, 11) is 0. The van der Waals surface area contributed by atoms with E-state index < -0.39 is 0 Å². The molecule has 0 heterocycles. The van der Waals surface area contributed by atoms with E-state index in [1.807, 2.05) is 20.8 Å². The molecule has 0 saturated heterocycles. The van der Waals surface area contributed by atoms with Crippen molar-refractivity contribution in [1.82, 2.24) is 5.32 Å². The first-order chi connectivity index (χ1) is 6.91. The molecule has 0 aromatic heterocycles. The van der Waals surface area contributed by atoms with Crippen LogP contribution in [-0.2, 0) is 4.79 Å². The van der Waals surface area contributed by atoms with Crippen molar-refractivity contribution in [2.24, 2.45) is 11.3 Å². The highest BCUT2D eigenvalue weighted by molar-refractivity contribution is 5.81. The average molecular weight is 215 g/mol. The summed E-state index contributed by atoms with van der Waals surface area (Å²) in [6.07, 6.45) is 2.93. The van der Waals surface area contributed by atoms with Crippen molar-refractivity contribution in [3.63, 3.8) is 0 Å². The third kappa shape index (κ3) is 6.50. The SMILES string of the molecule is CCCC(CCO)CNC(=O)C(C)(C)C. The van der Waals surface area contributed by atoms with Gasteiger partial charge in [0.2, 0.25) is 5.91 Å². The topological polar surface area (TPSA) is 49.3 Å². The van der Waals surface area contributed by atoms with Gasteiger partial charge >= 0.3 is 0 Å². The molecular weight excluding hydrogens is 190 g/mol. The maximum absolute atomic E-state index is 11.6. The van der Waals surface area contributed by atoms with Crippen LogP contribution in [0.4, 0.5) is 0 Å². The van der Waals surface area contributed by atoms with Crippen LogP contribution in [0.15, 0.2) is 0 Å². The van der Waals surface area contributed by atoms with Crippen molar-refractivity contribution in [1.29, 1.82) is 0 Å². The van der Waals surface area contributed by atoms with Crippen LogP contribution in [0.3, 0.4) is 0 Å². The second-order valence-electron chi connectivity index (χ2n) is 5.13. The third-order valence-electron chi connectivity index (χ3n) is 2.47. The van der Waals surface area contributed by atoms with Gasteiger partial charge in [0.05, 0.1) is 0 Å². The van der Waals surface area contributed by atoms with Crippen LogP contribution in [0.1, 0.15) is 47.0 Å². The molecule has 1 atom stereocenters. The summed E-state index contributed by atoms with van der Waals surface area (Å²) >= 11 is 0. The van der Waals surface area contributed by atoms with Gasteiger partial charge in [0.25, 0.3) is 0 Å². The average Bonchev–Trinajstić information content (AvgIpc) is 2.12. The number of carbonyl (C=O) groups excluding carboxylic acids is 1. The minimum atomic E-state index is -0.323. The molecule has 3 heteroatoms. The summed E-state index contributed by atoms with van der Waals surface area (Å²) in [6, 6.07) is 0. The fraction of sp³-hybridized carbons (Fsp3) is 0.917. The van der Waals surface area contributed by atoms with Crippen LogP contribution in [-0.4, -0.2) is 24.2 Å². The van der Waals surface area contributed by atoms with E-state index in [4.69, 9.17) is 5.11 Å². The van der Waals surface area contributed by atoms with Crippen LogP contribution in [0, 0.1) is 11.3 Å². The quantitative estimate of drug-likeness (QED) is 0.711. The second kappa shape index (κ2) is 6.83. The van der Waals surface area contributed by atoms with Gasteiger partial charge in [-0.3, -0.25) is 4.79 Å². The molecule has 0 spiro atoms. The summed E-state index contributed by atoms with van der Waals surface area (Å²) in [5.41, 5.74) is -0.323. The van der Waals surface area contributed by atoms with Gasteiger partial charge in [-0.15, -0.1) is 0 Å². The van der Waals surface area contributed by atoms with Crippen molar-refractivity contribution in [3.05, 3.63) is 0 Å². The van der Waals surface area contributed by atoms with E-state index in [1.165, 1.54) is 0 Å². The molecule has 0 aromatic carbocycles. The molecule has 1 amide bonds. The van der Waals surface area contributed by atoms with Crippen LogP contribution in [0.5, 0.6) is 0 Å². The summed E-state index contributed by atoms with van der Waals surface area (Å²) in [4.78, 5) is 11.6. The molecule has 15 heavy (non-hydrogen) atoms. The summed E-state index contributed by atoms with van der Waals surface area (Å²) in [6.45, 7) is 8.73. The van der Waals surface area contributed by atoms with Crippen molar-refractivity contribution in [3.8, 4) is 0 Å². The van der Waals surface area contributed by atoms with Gasteiger partial charge in [0, 0.05) is 18.6 Å². The van der Waals surface area contributed by atoms with Gasteiger partial charge < -0.3 is 10.4 Å². The molecule has 0 saturated carbocycles. The lowest BCUT2D eigenvalue weighted by molar-refractivity contribution is -0.128. The summed E-state index contributed by atoms with van der Waals surface area (Å²) in [5, 5.41) is 11.8. The summed E-state index contributed by atoms with van der Waals surface area (Å²) < 4.78 is 0. The molecule has 0 aliphatic rings. The number of aliphatic hydroxyl groups excluding tert-OH is 1. The molecule has 0 bridgehead atoms. The molecule has 1 unspecified atom stereocenters. The molecule has 0 rings (SSSR count). The Morgan fingerprint density at radius 1 is 1.33 bits per heavy atom. The first-order valence-corrected chi connectivity index (χ1v) is 5.81. The lowest BCUT2D eigenvalue weighted by atomic mass is 9.94. The molecule has 0 fully saturated rings. The second-order valence-corrected chi connectivity index (χ2v) is 5.13. The van der Waals surface area contributed by atoms with Crippen LogP contribution < -0.4 is 5.32 Å². The fourth-order valence-corrected chi connectivity index (χ4v) is 1.44. The van der Waals surface area contributed by atoms with E-state index in [0.29, 0.717) is 12.5 Å². The van der Waals surface area contributed by atoms with Crippen LogP contribution in [0.25, 0.3) is 0 Å². The lowest BCUT2D eigenvalue weighted by Gasteiger charge is -2.21. The van der Waals surface area contributed by atoms with Gasteiger partial charge in [0.15, 0.2) is 0 Å². The van der Waals surface area contributed by atoms with E-state index in [2.05, 4.69) is 12.2 Å². The number of amides is 1. The highest BCUT2D eigenvalue weighted by atomic mass is 16.3.